The summed E-state index contributed by atoms with van der Waals surface area (Å²) in [5.74, 6) is 1.36. The zero-order valence-corrected chi connectivity index (χ0v) is 15.7. The van der Waals surface area contributed by atoms with Gasteiger partial charge in [-0.25, -0.2) is 4.99 Å². The van der Waals surface area contributed by atoms with E-state index in [0.29, 0.717) is 5.90 Å². The maximum absolute atomic E-state index is 6.12. The van der Waals surface area contributed by atoms with Crippen molar-refractivity contribution >= 4 is 28.4 Å². The van der Waals surface area contributed by atoms with E-state index in [9.17, 15) is 0 Å². The lowest BCUT2D eigenvalue weighted by Gasteiger charge is -2.10. The predicted octanol–water partition coefficient (Wildman–Crippen LogP) is 7.05. The monoisotopic (exact) mass is 363 g/mol. The van der Waals surface area contributed by atoms with Crippen LogP contribution < -0.4 is 4.74 Å². The van der Waals surface area contributed by atoms with E-state index in [-0.39, 0.29) is 0 Å². The number of ether oxygens (including phenoxy) is 1. The van der Waals surface area contributed by atoms with Crippen molar-refractivity contribution in [2.45, 2.75) is 6.92 Å². The quantitative estimate of drug-likeness (QED) is 0.281. The van der Waals surface area contributed by atoms with Crippen molar-refractivity contribution in [2.24, 2.45) is 4.99 Å². The molecule has 4 aromatic carbocycles. The molecule has 4 rings (SSSR count). The highest BCUT2D eigenvalue weighted by Crippen LogP contribution is 2.21. The van der Waals surface area contributed by atoms with Gasteiger partial charge in [0.1, 0.15) is 5.75 Å². The topological polar surface area (TPSA) is 21.6 Å². The summed E-state index contributed by atoms with van der Waals surface area (Å²) in [6.07, 6.45) is 2.11. The van der Waals surface area contributed by atoms with Crippen molar-refractivity contribution in [3.05, 3.63) is 114 Å². The molecule has 0 saturated carbocycles. The van der Waals surface area contributed by atoms with Gasteiger partial charge in [0.2, 0.25) is 5.90 Å². The molecular weight excluding hydrogens is 342 g/mol. The first-order chi connectivity index (χ1) is 13.8. The summed E-state index contributed by atoms with van der Waals surface area (Å²) in [5, 5.41) is 2.45. The van der Waals surface area contributed by atoms with E-state index in [1.54, 1.807) is 0 Å². The minimum Gasteiger partial charge on any atom is -0.439 e. The molecule has 2 nitrogen and oxygen atoms in total. The molecular formula is C26H21NO. The Morgan fingerprint density at radius 2 is 1.36 bits per heavy atom. The molecule has 0 heterocycles. The molecule has 0 N–H and O–H groups in total. The first-order valence-electron chi connectivity index (χ1n) is 9.32. The van der Waals surface area contributed by atoms with Crippen LogP contribution in [0.2, 0.25) is 0 Å². The van der Waals surface area contributed by atoms with E-state index in [1.807, 2.05) is 67.6 Å². The predicted molar refractivity (Wildman–Crippen MR) is 118 cm³/mol. The molecule has 0 atom stereocenters. The molecule has 0 saturated heterocycles. The summed E-state index contributed by atoms with van der Waals surface area (Å²) >= 11 is 0. The van der Waals surface area contributed by atoms with Crippen molar-refractivity contribution in [1.29, 1.82) is 0 Å². The number of hydrogen-bond acceptors (Lipinski definition) is 2. The number of para-hydroxylation sites is 2. The summed E-state index contributed by atoms with van der Waals surface area (Å²) in [6, 6.07) is 34.4. The second kappa shape index (κ2) is 8.36. The Hall–Kier alpha value is -3.65. The van der Waals surface area contributed by atoms with Gasteiger partial charge >= 0.3 is 0 Å². The Labute approximate surface area is 165 Å². The fourth-order valence-corrected chi connectivity index (χ4v) is 3.02. The third-order valence-electron chi connectivity index (χ3n) is 4.44. The van der Waals surface area contributed by atoms with Crippen LogP contribution in [-0.2, 0) is 0 Å². The van der Waals surface area contributed by atoms with Crippen LogP contribution in [0, 0.1) is 0 Å². The zero-order chi connectivity index (χ0) is 19.2. The van der Waals surface area contributed by atoms with E-state index in [4.69, 9.17) is 9.73 Å². The molecule has 0 spiro atoms. The molecule has 0 aliphatic heterocycles. The van der Waals surface area contributed by atoms with E-state index >= 15 is 0 Å². The summed E-state index contributed by atoms with van der Waals surface area (Å²) in [6.45, 7) is 2.03. The SMILES string of the molecule is CC(=Cc1ccc2ccccc2c1)C(=Nc1ccccc1)Oc1ccccc1. The molecule has 4 aromatic rings. The Morgan fingerprint density at radius 1 is 0.714 bits per heavy atom. The molecule has 0 unspecified atom stereocenters. The summed E-state index contributed by atoms with van der Waals surface area (Å²) < 4.78 is 6.12. The zero-order valence-electron chi connectivity index (χ0n) is 15.7. The van der Waals surface area contributed by atoms with Gasteiger partial charge in [-0.05, 0) is 59.7 Å². The van der Waals surface area contributed by atoms with Gasteiger partial charge in [0.25, 0.3) is 0 Å². The van der Waals surface area contributed by atoms with Crippen LogP contribution in [0.1, 0.15) is 12.5 Å². The maximum Gasteiger partial charge on any atom is 0.222 e. The minimum atomic E-state index is 0.588. The first-order valence-corrected chi connectivity index (χ1v) is 9.32. The third-order valence-corrected chi connectivity index (χ3v) is 4.44. The highest BCUT2D eigenvalue weighted by atomic mass is 16.5. The average molecular weight is 363 g/mol. The molecule has 0 aliphatic rings. The van der Waals surface area contributed by atoms with Gasteiger partial charge in [0.05, 0.1) is 5.69 Å². The molecule has 0 bridgehead atoms. The third kappa shape index (κ3) is 4.36. The molecule has 136 valence electrons. The maximum atomic E-state index is 6.12. The Bertz CT molecular complexity index is 1130. The van der Waals surface area contributed by atoms with Crippen LogP contribution in [0.25, 0.3) is 16.8 Å². The van der Waals surface area contributed by atoms with Gasteiger partial charge in [-0.3, -0.25) is 0 Å². The van der Waals surface area contributed by atoms with Gasteiger partial charge in [0.15, 0.2) is 0 Å². The molecule has 2 heteroatoms. The summed E-state index contributed by atoms with van der Waals surface area (Å²) in [7, 11) is 0. The second-order valence-corrected chi connectivity index (χ2v) is 6.60. The largest absolute Gasteiger partial charge is 0.439 e. The van der Waals surface area contributed by atoms with E-state index < -0.39 is 0 Å². The standard InChI is InChI=1S/C26H21NO/c1-20(18-21-16-17-22-10-8-9-11-23(22)19-21)26(27-24-12-4-2-5-13-24)28-25-14-6-3-7-15-25/h2-19H,1H3. The second-order valence-electron chi connectivity index (χ2n) is 6.60. The van der Waals surface area contributed by atoms with Crippen LogP contribution in [0.5, 0.6) is 5.75 Å². The smallest absolute Gasteiger partial charge is 0.222 e. The van der Waals surface area contributed by atoms with Gasteiger partial charge < -0.3 is 4.74 Å². The highest BCUT2D eigenvalue weighted by molar-refractivity contribution is 6.00. The van der Waals surface area contributed by atoms with Crippen molar-refractivity contribution in [1.82, 2.24) is 0 Å². The number of nitrogens with zero attached hydrogens (tertiary/aromatic N) is 1. The van der Waals surface area contributed by atoms with Crippen LogP contribution >= 0.6 is 0 Å². The molecule has 0 aliphatic carbocycles. The molecule has 0 aromatic heterocycles. The van der Waals surface area contributed by atoms with Gasteiger partial charge in [0, 0.05) is 5.57 Å². The average Bonchev–Trinajstić information content (AvgIpc) is 2.75. The molecule has 0 radical (unpaired) electrons. The van der Waals surface area contributed by atoms with Crippen LogP contribution in [0.4, 0.5) is 5.69 Å². The van der Waals surface area contributed by atoms with Crippen molar-refractivity contribution < 1.29 is 4.74 Å². The van der Waals surface area contributed by atoms with Crippen molar-refractivity contribution in [3.8, 4) is 5.75 Å². The Balaban J connectivity index is 1.71. The molecule has 0 fully saturated rings. The molecule has 28 heavy (non-hydrogen) atoms. The van der Waals surface area contributed by atoms with Crippen molar-refractivity contribution in [2.75, 3.05) is 0 Å². The van der Waals surface area contributed by atoms with Crippen molar-refractivity contribution in [3.63, 3.8) is 0 Å². The Kier molecular flexibility index (Phi) is 5.30. The van der Waals surface area contributed by atoms with E-state index in [0.717, 1.165) is 22.6 Å². The number of rotatable bonds is 4. The summed E-state index contributed by atoms with van der Waals surface area (Å²) in [5.41, 5.74) is 2.94. The van der Waals surface area contributed by atoms with Gasteiger partial charge in [-0.1, -0.05) is 72.8 Å². The lowest BCUT2D eigenvalue weighted by atomic mass is 10.1. The minimum absolute atomic E-state index is 0.588. The van der Waals surface area contributed by atoms with E-state index in [1.165, 1.54) is 10.8 Å². The van der Waals surface area contributed by atoms with Crippen LogP contribution in [0.3, 0.4) is 0 Å². The van der Waals surface area contributed by atoms with Crippen LogP contribution in [-0.4, -0.2) is 5.90 Å². The highest BCUT2D eigenvalue weighted by Gasteiger charge is 2.07. The lowest BCUT2D eigenvalue weighted by molar-refractivity contribution is 0.551. The van der Waals surface area contributed by atoms with Gasteiger partial charge in [-0.15, -0.1) is 0 Å². The summed E-state index contributed by atoms with van der Waals surface area (Å²) in [4.78, 5) is 4.74. The fourth-order valence-electron chi connectivity index (χ4n) is 3.02. The number of hydrogen-bond donors (Lipinski definition) is 0. The molecule has 0 amide bonds. The lowest BCUT2D eigenvalue weighted by Crippen LogP contribution is -2.09. The van der Waals surface area contributed by atoms with E-state index in [2.05, 4.69) is 48.5 Å². The first kappa shape index (κ1) is 17.7. The fraction of sp³-hybridized carbons (Fsp3) is 0.0385. The number of aliphatic imine (C=N–C) groups is 1. The van der Waals surface area contributed by atoms with Gasteiger partial charge in [-0.2, -0.15) is 0 Å². The normalized spacial score (nSPS) is 12.2. The Morgan fingerprint density at radius 3 is 2.11 bits per heavy atom. The number of fused-ring (bicyclic) bond motifs is 1. The number of benzene rings is 4. The van der Waals surface area contributed by atoms with Crippen LogP contribution in [0.15, 0.2) is 114 Å².